The molecule has 1 unspecified atom stereocenters. The quantitative estimate of drug-likeness (QED) is 0.501. The van der Waals surface area contributed by atoms with Crippen LogP contribution >= 0.6 is 17.4 Å². The maximum absolute atomic E-state index is 9.95. The first-order valence-electron chi connectivity index (χ1n) is 7.38. The Hall–Kier alpha value is -0.820. The minimum Gasteiger partial charge on any atom is -0.408 e. The van der Waals surface area contributed by atoms with Gasteiger partial charge in [0.2, 0.25) is 0 Å². The fraction of sp³-hybridized carbons (Fsp3) is 0.647. The normalized spacial score (nSPS) is 11.2. The maximum Gasteiger partial charge on any atom is 0.395 e. The van der Waals surface area contributed by atoms with E-state index in [-0.39, 0.29) is 24.8 Å². The lowest BCUT2D eigenvalue weighted by molar-refractivity contribution is 0.220. The van der Waals surface area contributed by atoms with Crippen LogP contribution in [0.3, 0.4) is 0 Å². The van der Waals surface area contributed by atoms with Crippen molar-refractivity contribution in [3.8, 4) is 5.75 Å². The molecular weight excluding hydrogens is 330 g/mol. The minimum absolute atomic E-state index is 0. The summed E-state index contributed by atoms with van der Waals surface area (Å²) >= 11 is 0. The zero-order valence-electron chi connectivity index (χ0n) is 14.4. The molecule has 1 aromatic carbocycles. The van der Waals surface area contributed by atoms with Crippen LogP contribution < -0.4 is 4.52 Å². The van der Waals surface area contributed by atoms with Gasteiger partial charge in [-0.25, -0.2) is 9.13 Å². The molecule has 6 heteroatoms. The van der Waals surface area contributed by atoms with Crippen molar-refractivity contribution in [3.05, 3.63) is 30.3 Å². The van der Waals surface area contributed by atoms with E-state index in [1.54, 1.807) is 12.1 Å². The van der Waals surface area contributed by atoms with Crippen molar-refractivity contribution in [2.45, 2.75) is 55.4 Å². The lowest BCUT2D eigenvalue weighted by Crippen LogP contribution is -2.13. The second-order valence-corrected chi connectivity index (χ2v) is 6.46. The van der Waals surface area contributed by atoms with Crippen LogP contribution in [0.1, 0.15) is 55.4 Å². The summed E-state index contributed by atoms with van der Waals surface area (Å²) in [5.41, 5.74) is 0.336. The van der Waals surface area contributed by atoms with Crippen LogP contribution in [0.5, 0.6) is 5.75 Å². The maximum atomic E-state index is 9.95. The third-order valence-corrected chi connectivity index (χ3v) is 2.80. The van der Waals surface area contributed by atoms with E-state index in [1.807, 2.05) is 32.0 Å². The van der Waals surface area contributed by atoms with Crippen LogP contribution in [0.2, 0.25) is 0 Å². The van der Waals surface area contributed by atoms with Gasteiger partial charge in [0.1, 0.15) is 5.75 Å². The standard InChI is InChI=1S/C8H17O2P.C6H5O2P.C2H6.CH4/c1-7(6-10-11-9)5-8(2,3)4;7-9-8-6-4-2-1-3-5-6;1-2;/h7H,5-6H2,1-4H3;1-5H;1-2H3;1H4. The van der Waals surface area contributed by atoms with Crippen molar-refractivity contribution in [2.75, 3.05) is 6.61 Å². The molecule has 1 atom stereocenters. The Morgan fingerprint density at radius 1 is 1.04 bits per heavy atom. The van der Waals surface area contributed by atoms with Gasteiger partial charge < -0.3 is 4.52 Å². The lowest BCUT2D eigenvalue weighted by atomic mass is 9.86. The molecule has 4 nitrogen and oxygen atoms in total. The highest BCUT2D eigenvalue weighted by atomic mass is 31.1. The van der Waals surface area contributed by atoms with Crippen molar-refractivity contribution in [1.29, 1.82) is 0 Å². The SMILES string of the molecule is C.CC.CC(COP=O)CC(C)(C)C.O=POc1ccccc1. The largest absolute Gasteiger partial charge is 0.408 e. The van der Waals surface area contributed by atoms with Gasteiger partial charge in [-0.15, -0.1) is 0 Å². The Morgan fingerprint density at radius 3 is 1.96 bits per heavy atom. The van der Waals surface area contributed by atoms with Gasteiger partial charge in [-0.3, -0.25) is 4.52 Å². The van der Waals surface area contributed by atoms with Crippen LogP contribution in [0.4, 0.5) is 0 Å². The van der Waals surface area contributed by atoms with Crippen molar-refractivity contribution in [3.63, 3.8) is 0 Å². The van der Waals surface area contributed by atoms with Gasteiger partial charge in [-0.05, 0) is 29.9 Å². The molecule has 0 heterocycles. The topological polar surface area (TPSA) is 52.6 Å². The smallest absolute Gasteiger partial charge is 0.395 e. The molecule has 0 aliphatic heterocycles. The van der Waals surface area contributed by atoms with Crippen molar-refractivity contribution in [1.82, 2.24) is 0 Å². The summed E-state index contributed by atoms with van der Waals surface area (Å²) < 4.78 is 29.2. The number of benzene rings is 1. The molecule has 0 radical (unpaired) electrons. The summed E-state index contributed by atoms with van der Waals surface area (Å²) in [5, 5.41) is 0. The Labute approximate surface area is 145 Å². The van der Waals surface area contributed by atoms with Crippen molar-refractivity contribution < 1.29 is 18.2 Å². The molecule has 1 aromatic rings. The highest BCUT2D eigenvalue weighted by Crippen LogP contribution is 2.24. The second-order valence-electron chi connectivity index (χ2n) is 5.72. The van der Waals surface area contributed by atoms with Crippen molar-refractivity contribution in [2.24, 2.45) is 11.3 Å². The van der Waals surface area contributed by atoms with Gasteiger partial charge >= 0.3 is 17.4 Å². The van der Waals surface area contributed by atoms with Gasteiger partial charge in [-0.1, -0.05) is 67.2 Å². The van der Waals surface area contributed by atoms with E-state index in [9.17, 15) is 9.13 Å². The molecular formula is C17H32O4P2. The first kappa shape index (κ1) is 27.0. The van der Waals surface area contributed by atoms with E-state index in [1.165, 1.54) is 0 Å². The average Bonchev–Trinajstić information content (AvgIpc) is 2.48. The van der Waals surface area contributed by atoms with Gasteiger partial charge in [-0.2, -0.15) is 0 Å². The number of hydrogen-bond donors (Lipinski definition) is 0. The van der Waals surface area contributed by atoms with Crippen LogP contribution in [-0.2, 0) is 13.7 Å². The number of rotatable bonds is 6. The summed E-state index contributed by atoms with van der Waals surface area (Å²) in [7, 11) is -0.509. The van der Waals surface area contributed by atoms with Gasteiger partial charge in [0.15, 0.2) is 0 Å². The van der Waals surface area contributed by atoms with E-state index in [0.717, 1.165) is 6.42 Å². The second kappa shape index (κ2) is 17.5. The summed E-state index contributed by atoms with van der Waals surface area (Å²) in [6, 6.07) is 8.99. The molecule has 0 fully saturated rings. The minimum atomic E-state index is -0.305. The monoisotopic (exact) mass is 362 g/mol. The lowest BCUT2D eigenvalue weighted by Gasteiger charge is -2.21. The first-order chi connectivity index (χ1) is 10.4. The Bertz CT molecular complexity index is 378. The first-order valence-corrected chi connectivity index (χ1v) is 8.84. The number of para-hydroxylation sites is 1. The van der Waals surface area contributed by atoms with Crippen LogP contribution in [0, 0.1) is 11.3 Å². The Morgan fingerprint density at radius 2 is 1.57 bits per heavy atom. The number of hydrogen-bond acceptors (Lipinski definition) is 4. The third kappa shape index (κ3) is 21.2. The molecule has 0 saturated heterocycles. The zero-order chi connectivity index (χ0) is 17.4. The summed E-state index contributed by atoms with van der Waals surface area (Å²) in [6.07, 6.45) is 1.10. The Kier molecular flexibility index (Phi) is 20.6. The Balaban J connectivity index is -0.000000305. The van der Waals surface area contributed by atoms with Crippen LogP contribution in [0.25, 0.3) is 0 Å². The molecule has 0 N–H and O–H groups in total. The molecule has 0 aliphatic rings. The molecule has 0 bridgehead atoms. The molecule has 0 saturated carbocycles. The van der Waals surface area contributed by atoms with E-state index in [0.29, 0.717) is 23.7 Å². The van der Waals surface area contributed by atoms with E-state index >= 15 is 0 Å². The van der Waals surface area contributed by atoms with Crippen LogP contribution in [-0.4, -0.2) is 6.61 Å². The predicted molar refractivity (Wildman–Crippen MR) is 99.6 cm³/mol. The fourth-order valence-electron chi connectivity index (χ4n) is 1.79. The molecule has 134 valence electrons. The van der Waals surface area contributed by atoms with Gasteiger partial charge in [0.05, 0.1) is 6.61 Å². The van der Waals surface area contributed by atoms with E-state index in [2.05, 4.69) is 32.2 Å². The fourth-order valence-corrected chi connectivity index (χ4v) is 2.31. The molecule has 0 aromatic heterocycles. The molecule has 0 aliphatic carbocycles. The summed E-state index contributed by atoms with van der Waals surface area (Å²) in [4.78, 5) is 0. The predicted octanol–water partition coefficient (Wildman–Crippen LogP) is 7.22. The highest BCUT2D eigenvalue weighted by Gasteiger charge is 2.15. The highest BCUT2D eigenvalue weighted by molar-refractivity contribution is 7.17. The molecule has 1 rings (SSSR count). The summed E-state index contributed by atoms with van der Waals surface area (Å²) in [6.45, 7) is 13.3. The van der Waals surface area contributed by atoms with Gasteiger partial charge in [0, 0.05) is 0 Å². The van der Waals surface area contributed by atoms with Crippen LogP contribution in [0.15, 0.2) is 30.3 Å². The third-order valence-electron chi connectivity index (χ3n) is 2.26. The van der Waals surface area contributed by atoms with E-state index < -0.39 is 0 Å². The molecule has 23 heavy (non-hydrogen) atoms. The van der Waals surface area contributed by atoms with Gasteiger partial charge in [0.25, 0.3) is 0 Å². The molecule has 0 amide bonds. The van der Waals surface area contributed by atoms with Crippen molar-refractivity contribution >= 4 is 17.4 Å². The molecule has 0 spiro atoms. The van der Waals surface area contributed by atoms with E-state index in [4.69, 9.17) is 4.52 Å². The average molecular weight is 362 g/mol. The zero-order valence-corrected chi connectivity index (χ0v) is 16.2. The summed E-state index contributed by atoms with van der Waals surface area (Å²) in [5.74, 6) is 1.10.